The molecule has 1 amide bonds. The molecule has 1 aromatic heterocycles. The summed E-state index contributed by atoms with van der Waals surface area (Å²) in [5.41, 5.74) is 5.33. The number of amides is 1. The molecule has 1 rings (SSSR count). The minimum absolute atomic E-state index is 0.0346. The van der Waals surface area contributed by atoms with Gasteiger partial charge in [-0.05, 0) is 25.5 Å². The molecule has 0 fully saturated rings. The SMILES string of the molecule is CCCC(C)(NC(=O)Cc1ccc(N)cn1)C(=O)O. The van der Waals surface area contributed by atoms with Crippen molar-refractivity contribution >= 4 is 17.6 Å². The molecule has 1 atom stereocenters. The van der Waals surface area contributed by atoms with Crippen LogP contribution in [0.1, 0.15) is 32.4 Å². The van der Waals surface area contributed by atoms with E-state index in [2.05, 4.69) is 10.3 Å². The van der Waals surface area contributed by atoms with E-state index < -0.39 is 11.5 Å². The lowest BCUT2D eigenvalue weighted by Crippen LogP contribution is -2.52. The molecule has 0 radical (unpaired) electrons. The van der Waals surface area contributed by atoms with Crippen LogP contribution in [-0.4, -0.2) is 27.5 Å². The number of nitrogens with zero attached hydrogens (tertiary/aromatic N) is 1. The molecule has 104 valence electrons. The lowest BCUT2D eigenvalue weighted by atomic mass is 9.96. The lowest BCUT2D eigenvalue weighted by molar-refractivity contribution is -0.147. The summed E-state index contributed by atoms with van der Waals surface area (Å²) in [7, 11) is 0. The van der Waals surface area contributed by atoms with Crippen LogP contribution in [0, 0.1) is 0 Å². The number of hydrogen-bond donors (Lipinski definition) is 3. The Morgan fingerprint density at radius 1 is 1.47 bits per heavy atom. The molecule has 0 bridgehead atoms. The third kappa shape index (κ3) is 4.24. The smallest absolute Gasteiger partial charge is 0.329 e. The fourth-order valence-electron chi connectivity index (χ4n) is 1.78. The predicted molar refractivity (Wildman–Crippen MR) is 71.4 cm³/mol. The summed E-state index contributed by atoms with van der Waals surface area (Å²) in [6.45, 7) is 3.38. The van der Waals surface area contributed by atoms with Gasteiger partial charge in [0, 0.05) is 5.69 Å². The normalized spacial score (nSPS) is 13.6. The van der Waals surface area contributed by atoms with Crippen LogP contribution in [0.3, 0.4) is 0 Å². The average Bonchev–Trinajstić information content (AvgIpc) is 2.32. The number of aromatic nitrogens is 1. The fraction of sp³-hybridized carbons (Fsp3) is 0.462. The molecule has 0 saturated heterocycles. The van der Waals surface area contributed by atoms with Crippen molar-refractivity contribution < 1.29 is 14.7 Å². The Morgan fingerprint density at radius 2 is 2.16 bits per heavy atom. The van der Waals surface area contributed by atoms with Gasteiger partial charge >= 0.3 is 5.97 Å². The third-order valence-electron chi connectivity index (χ3n) is 2.83. The molecule has 1 unspecified atom stereocenters. The molecule has 0 aliphatic heterocycles. The number of aliphatic carboxylic acids is 1. The number of nitrogens with one attached hydrogen (secondary N) is 1. The number of anilines is 1. The van der Waals surface area contributed by atoms with Crippen molar-refractivity contribution in [3.05, 3.63) is 24.0 Å². The van der Waals surface area contributed by atoms with Gasteiger partial charge in [0.05, 0.1) is 18.3 Å². The number of pyridine rings is 1. The van der Waals surface area contributed by atoms with E-state index in [0.29, 0.717) is 24.2 Å². The van der Waals surface area contributed by atoms with Crippen molar-refractivity contribution in [2.45, 2.75) is 38.6 Å². The first-order valence-corrected chi connectivity index (χ1v) is 6.12. The number of nitrogens with two attached hydrogens (primary N) is 1. The lowest BCUT2D eigenvalue weighted by Gasteiger charge is -2.25. The first-order valence-electron chi connectivity index (χ1n) is 6.12. The molecule has 1 heterocycles. The van der Waals surface area contributed by atoms with Crippen LogP contribution in [0.15, 0.2) is 18.3 Å². The van der Waals surface area contributed by atoms with Gasteiger partial charge in [-0.3, -0.25) is 9.78 Å². The molecule has 4 N–H and O–H groups in total. The summed E-state index contributed by atoms with van der Waals surface area (Å²) in [5, 5.41) is 11.7. The van der Waals surface area contributed by atoms with Crippen molar-refractivity contribution in [1.29, 1.82) is 0 Å². The van der Waals surface area contributed by atoms with Gasteiger partial charge in [-0.25, -0.2) is 4.79 Å². The summed E-state index contributed by atoms with van der Waals surface area (Å²) in [6.07, 6.45) is 2.55. The Labute approximate surface area is 112 Å². The standard InChI is InChI=1S/C13H19N3O3/c1-3-6-13(2,12(18)19)16-11(17)7-10-5-4-9(14)8-15-10/h4-5,8H,3,6-7,14H2,1-2H3,(H,16,17)(H,18,19). The Balaban J connectivity index is 2.68. The van der Waals surface area contributed by atoms with Crippen LogP contribution in [0.25, 0.3) is 0 Å². The van der Waals surface area contributed by atoms with E-state index in [1.54, 1.807) is 12.1 Å². The molecule has 19 heavy (non-hydrogen) atoms. The zero-order valence-corrected chi connectivity index (χ0v) is 11.1. The van der Waals surface area contributed by atoms with E-state index >= 15 is 0 Å². The van der Waals surface area contributed by atoms with E-state index in [9.17, 15) is 9.59 Å². The Kier molecular flexibility index (Phi) is 4.86. The predicted octanol–water partition coefficient (Wildman–Crippen LogP) is 0.966. The molecule has 0 spiro atoms. The van der Waals surface area contributed by atoms with Gasteiger partial charge in [-0.1, -0.05) is 13.3 Å². The maximum absolute atomic E-state index is 11.8. The number of rotatable bonds is 6. The van der Waals surface area contributed by atoms with E-state index in [4.69, 9.17) is 10.8 Å². The summed E-state index contributed by atoms with van der Waals surface area (Å²) in [6, 6.07) is 3.30. The van der Waals surface area contributed by atoms with Gasteiger partial charge in [-0.15, -0.1) is 0 Å². The topological polar surface area (TPSA) is 105 Å². The first kappa shape index (κ1) is 14.9. The van der Waals surface area contributed by atoms with Crippen LogP contribution >= 0.6 is 0 Å². The van der Waals surface area contributed by atoms with Crippen molar-refractivity contribution in [2.24, 2.45) is 0 Å². The number of carboxylic acids is 1. The zero-order chi connectivity index (χ0) is 14.5. The summed E-state index contributed by atoms with van der Waals surface area (Å²) in [4.78, 5) is 27.0. The highest BCUT2D eigenvalue weighted by Crippen LogP contribution is 2.13. The second-order valence-corrected chi connectivity index (χ2v) is 4.70. The minimum Gasteiger partial charge on any atom is -0.480 e. The van der Waals surface area contributed by atoms with Crippen LogP contribution in [0.5, 0.6) is 0 Å². The molecule has 0 aliphatic carbocycles. The number of hydrogen-bond acceptors (Lipinski definition) is 4. The molecule has 0 aromatic carbocycles. The zero-order valence-electron chi connectivity index (χ0n) is 11.1. The fourth-order valence-corrected chi connectivity index (χ4v) is 1.78. The van der Waals surface area contributed by atoms with Gasteiger partial charge < -0.3 is 16.2 Å². The van der Waals surface area contributed by atoms with Crippen LogP contribution in [0.2, 0.25) is 0 Å². The minimum atomic E-state index is -1.24. The Morgan fingerprint density at radius 3 is 2.63 bits per heavy atom. The highest BCUT2D eigenvalue weighted by molar-refractivity contribution is 5.87. The van der Waals surface area contributed by atoms with Crippen LogP contribution < -0.4 is 11.1 Å². The maximum Gasteiger partial charge on any atom is 0.329 e. The monoisotopic (exact) mass is 265 g/mol. The molecule has 0 saturated carbocycles. The van der Waals surface area contributed by atoms with E-state index in [1.807, 2.05) is 6.92 Å². The highest BCUT2D eigenvalue weighted by Gasteiger charge is 2.33. The van der Waals surface area contributed by atoms with Crippen molar-refractivity contribution in [3.8, 4) is 0 Å². The number of carbonyl (C=O) groups is 2. The van der Waals surface area contributed by atoms with Crippen LogP contribution in [0.4, 0.5) is 5.69 Å². The second-order valence-electron chi connectivity index (χ2n) is 4.70. The molecular formula is C13H19N3O3. The van der Waals surface area contributed by atoms with E-state index in [-0.39, 0.29) is 12.3 Å². The number of nitrogen functional groups attached to an aromatic ring is 1. The summed E-state index contributed by atoms with van der Waals surface area (Å²) >= 11 is 0. The van der Waals surface area contributed by atoms with Crippen molar-refractivity contribution in [1.82, 2.24) is 10.3 Å². The third-order valence-corrected chi connectivity index (χ3v) is 2.83. The quantitative estimate of drug-likeness (QED) is 0.710. The molecular weight excluding hydrogens is 246 g/mol. The summed E-state index contributed by atoms with van der Waals surface area (Å²) in [5.74, 6) is -1.40. The van der Waals surface area contributed by atoms with Crippen molar-refractivity contribution in [2.75, 3.05) is 5.73 Å². The van der Waals surface area contributed by atoms with Gasteiger partial charge in [-0.2, -0.15) is 0 Å². The second kappa shape index (κ2) is 6.17. The maximum atomic E-state index is 11.8. The molecule has 1 aromatic rings. The summed E-state index contributed by atoms with van der Waals surface area (Å²) < 4.78 is 0. The van der Waals surface area contributed by atoms with Gasteiger partial charge in [0.1, 0.15) is 5.54 Å². The molecule has 6 nitrogen and oxygen atoms in total. The number of carboxylic acid groups (broad SMARTS) is 1. The average molecular weight is 265 g/mol. The van der Waals surface area contributed by atoms with Gasteiger partial charge in [0.15, 0.2) is 0 Å². The van der Waals surface area contributed by atoms with Gasteiger partial charge in [0.25, 0.3) is 0 Å². The molecule has 6 heteroatoms. The molecule has 0 aliphatic rings. The Hall–Kier alpha value is -2.11. The van der Waals surface area contributed by atoms with E-state index in [1.165, 1.54) is 13.1 Å². The van der Waals surface area contributed by atoms with Crippen molar-refractivity contribution in [3.63, 3.8) is 0 Å². The first-order chi connectivity index (χ1) is 8.87. The Bertz CT molecular complexity index is 459. The van der Waals surface area contributed by atoms with Crippen LogP contribution in [-0.2, 0) is 16.0 Å². The largest absolute Gasteiger partial charge is 0.480 e. The number of carbonyl (C=O) groups excluding carboxylic acids is 1. The van der Waals surface area contributed by atoms with E-state index in [0.717, 1.165) is 0 Å². The van der Waals surface area contributed by atoms with Gasteiger partial charge in [0.2, 0.25) is 5.91 Å². The highest BCUT2D eigenvalue weighted by atomic mass is 16.4.